The van der Waals surface area contributed by atoms with Gasteiger partial charge in [-0.25, -0.2) is 4.98 Å². The number of benzene rings is 1. The maximum absolute atomic E-state index is 5.22. The fourth-order valence-corrected chi connectivity index (χ4v) is 2.82. The average Bonchev–Trinajstić information content (AvgIpc) is 2.89. The van der Waals surface area contributed by atoms with Gasteiger partial charge in [-0.15, -0.1) is 11.3 Å². The van der Waals surface area contributed by atoms with Crippen LogP contribution >= 0.6 is 11.3 Å². The molecule has 1 heterocycles. The molecule has 114 valence electrons. The normalized spacial score (nSPS) is 12.6. The number of nitrogens with one attached hydrogen (secondary N) is 1. The van der Waals surface area contributed by atoms with Crippen LogP contribution in [-0.2, 0) is 6.54 Å². The molecule has 21 heavy (non-hydrogen) atoms. The lowest BCUT2D eigenvalue weighted by Crippen LogP contribution is -2.31. The van der Waals surface area contributed by atoms with Crippen molar-refractivity contribution in [3.63, 3.8) is 0 Å². The first-order valence-electron chi connectivity index (χ1n) is 7.01. The van der Waals surface area contributed by atoms with Crippen LogP contribution in [0, 0.1) is 6.92 Å². The molecule has 0 fully saturated rings. The molecular formula is C16H23N3OS. The molecule has 2 aromatic rings. The van der Waals surface area contributed by atoms with Crippen LogP contribution in [0.15, 0.2) is 29.6 Å². The van der Waals surface area contributed by atoms with Gasteiger partial charge in [0.2, 0.25) is 0 Å². The molecule has 2 rings (SSSR count). The van der Waals surface area contributed by atoms with E-state index < -0.39 is 0 Å². The number of ether oxygens (including phenoxy) is 1. The summed E-state index contributed by atoms with van der Waals surface area (Å²) < 4.78 is 5.22. The summed E-state index contributed by atoms with van der Waals surface area (Å²) in [5, 5.41) is 6.82. The van der Waals surface area contributed by atoms with E-state index in [9.17, 15) is 0 Å². The highest BCUT2D eigenvalue weighted by Crippen LogP contribution is 2.19. The van der Waals surface area contributed by atoms with E-state index in [4.69, 9.17) is 4.74 Å². The molecule has 4 nitrogen and oxygen atoms in total. The second-order valence-corrected chi connectivity index (χ2v) is 6.39. The van der Waals surface area contributed by atoms with Crippen LogP contribution in [0.5, 0.6) is 5.75 Å². The predicted octanol–water partition coefficient (Wildman–Crippen LogP) is 2.85. The highest BCUT2D eigenvalue weighted by molar-refractivity contribution is 7.09. The molecule has 1 aromatic heterocycles. The molecular weight excluding hydrogens is 282 g/mol. The smallest absolute Gasteiger partial charge is 0.118 e. The molecule has 5 heteroatoms. The minimum atomic E-state index is 0.271. The minimum absolute atomic E-state index is 0.271. The number of nitrogens with zero attached hydrogens (tertiary/aromatic N) is 2. The van der Waals surface area contributed by atoms with Crippen LogP contribution in [0.1, 0.15) is 22.3 Å². The maximum atomic E-state index is 5.22. The third kappa shape index (κ3) is 4.81. The van der Waals surface area contributed by atoms with Gasteiger partial charge in [0, 0.05) is 24.5 Å². The fourth-order valence-electron chi connectivity index (χ4n) is 2.21. The number of thiazole rings is 1. The molecule has 0 saturated heterocycles. The van der Waals surface area contributed by atoms with Crippen molar-refractivity contribution >= 4 is 11.3 Å². The van der Waals surface area contributed by atoms with Gasteiger partial charge in [-0.3, -0.25) is 0 Å². The number of rotatable bonds is 7. The SMILES string of the molecule is COc1ccc([C@H](CN(C)C)NCc2csc(C)n2)cc1. The summed E-state index contributed by atoms with van der Waals surface area (Å²) in [6, 6.07) is 8.52. The third-order valence-corrected chi connectivity index (χ3v) is 4.08. The van der Waals surface area contributed by atoms with E-state index in [-0.39, 0.29) is 6.04 Å². The van der Waals surface area contributed by atoms with Crippen molar-refractivity contribution in [2.75, 3.05) is 27.7 Å². The van der Waals surface area contributed by atoms with Gasteiger partial charge in [-0.1, -0.05) is 12.1 Å². The van der Waals surface area contributed by atoms with Gasteiger partial charge >= 0.3 is 0 Å². The summed E-state index contributed by atoms with van der Waals surface area (Å²) in [6.45, 7) is 3.76. The number of hydrogen-bond donors (Lipinski definition) is 1. The summed E-state index contributed by atoms with van der Waals surface area (Å²) in [5.41, 5.74) is 2.37. The van der Waals surface area contributed by atoms with Crippen molar-refractivity contribution in [2.24, 2.45) is 0 Å². The second-order valence-electron chi connectivity index (χ2n) is 5.33. The van der Waals surface area contributed by atoms with Gasteiger partial charge in [0.1, 0.15) is 5.75 Å². The molecule has 0 saturated carbocycles. The lowest BCUT2D eigenvalue weighted by molar-refractivity contribution is 0.339. The highest BCUT2D eigenvalue weighted by atomic mass is 32.1. The Hall–Kier alpha value is -1.43. The number of likely N-dealkylation sites (N-methyl/N-ethyl adjacent to an activating group) is 1. The van der Waals surface area contributed by atoms with E-state index in [1.165, 1.54) is 5.56 Å². The zero-order valence-corrected chi connectivity index (χ0v) is 13.9. The number of aromatic nitrogens is 1. The van der Waals surface area contributed by atoms with Gasteiger partial charge in [0.25, 0.3) is 0 Å². The lowest BCUT2D eigenvalue weighted by Gasteiger charge is -2.22. The van der Waals surface area contributed by atoms with Crippen molar-refractivity contribution in [2.45, 2.75) is 19.5 Å². The summed E-state index contributed by atoms with van der Waals surface area (Å²) in [4.78, 5) is 6.69. The average molecular weight is 305 g/mol. The molecule has 0 unspecified atom stereocenters. The third-order valence-electron chi connectivity index (χ3n) is 3.26. The molecule has 0 bridgehead atoms. The van der Waals surface area contributed by atoms with E-state index in [1.54, 1.807) is 18.4 Å². The Morgan fingerprint density at radius 3 is 2.52 bits per heavy atom. The molecule has 1 aromatic carbocycles. The van der Waals surface area contributed by atoms with Gasteiger partial charge in [-0.2, -0.15) is 0 Å². The second kappa shape index (κ2) is 7.54. The molecule has 0 amide bonds. The number of methoxy groups -OCH3 is 1. The van der Waals surface area contributed by atoms with Crippen LogP contribution < -0.4 is 10.1 Å². The Bertz CT molecular complexity index is 551. The highest BCUT2D eigenvalue weighted by Gasteiger charge is 2.13. The number of hydrogen-bond acceptors (Lipinski definition) is 5. The summed E-state index contributed by atoms with van der Waals surface area (Å²) in [6.07, 6.45) is 0. The minimum Gasteiger partial charge on any atom is -0.497 e. The van der Waals surface area contributed by atoms with Gasteiger partial charge in [-0.05, 0) is 38.7 Å². The van der Waals surface area contributed by atoms with Crippen molar-refractivity contribution < 1.29 is 4.74 Å². The standard InChI is InChI=1S/C16H23N3OS/c1-12-18-14(11-21-12)9-17-16(10-19(2)3)13-5-7-15(20-4)8-6-13/h5-8,11,16-17H,9-10H2,1-4H3/t16-/m0/s1. The summed E-state index contributed by atoms with van der Waals surface area (Å²) in [7, 11) is 5.87. The van der Waals surface area contributed by atoms with Crippen LogP contribution in [0.2, 0.25) is 0 Å². The Balaban J connectivity index is 2.05. The van der Waals surface area contributed by atoms with Crippen molar-refractivity contribution in [3.05, 3.63) is 45.9 Å². The zero-order valence-electron chi connectivity index (χ0n) is 13.1. The van der Waals surface area contributed by atoms with E-state index in [0.29, 0.717) is 0 Å². The fraction of sp³-hybridized carbons (Fsp3) is 0.438. The van der Waals surface area contributed by atoms with Crippen LogP contribution in [0.4, 0.5) is 0 Å². The first-order chi connectivity index (χ1) is 10.1. The van der Waals surface area contributed by atoms with Crippen molar-refractivity contribution in [1.29, 1.82) is 0 Å². The number of aryl methyl sites for hydroxylation is 1. The topological polar surface area (TPSA) is 37.4 Å². The monoisotopic (exact) mass is 305 g/mol. The molecule has 1 atom stereocenters. The predicted molar refractivity (Wildman–Crippen MR) is 88.0 cm³/mol. The Kier molecular flexibility index (Phi) is 5.73. The summed E-state index contributed by atoms with van der Waals surface area (Å²) >= 11 is 1.69. The molecule has 0 aliphatic heterocycles. The molecule has 0 aliphatic rings. The summed E-state index contributed by atoms with van der Waals surface area (Å²) in [5.74, 6) is 0.887. The van der Waals surface area contributed by atoms with Gasteiger partial charge in [0.15, 0.2) is 0 Å². The first kappa shape index (κ1) is 15.9. The van der Waals surface area contributed by atoms with E-state index in [0.717, 1.165) is 29.5 Å². The zero-order chi connectivity index (χ0) is 15.2. The van der Waals surface area contributed by atoms with Gasteiger partial charge in [0.05, 0.1) is 17.8 Å². The van der Waals surface area contributed by atoms with Gasteiger partial charge < -0.3 is 15.0 Å². The van der Waals surface area contributed by atoms with Crippen LogP contribution in [-0.4, -0.2) is 37.6 Å². The Morgan fingerprint density at radius 1 is 1.29 bits per heavy atom. The van der Waals surface area contributed by atoms with Crippen molar-refractivity contribution in [1.82, 2.24) is 15.2 Å². The van der Waals surface area contributed by atoms with Crippen molar-refractivity contribution in [3.8, 4) is 5.75 Å². The van der Waals surface area contributed by atoms with E-state index in [1.807, 2.05) is 19.1 Å². The largest absolute Gasteiger partial charge is 0.497 e. The molecule has 1 N–H and O–H groups in total. The van der Waals surface area contributed by atoms with Crippen LogP contribution in [0.3, 0.4) is 0 Å². The lowest BCUT2D eigenvalue weighted by atomic mass is 10.1. The van der Waals surface area contributed by atoms with E-state index >= 15 is 0 Å². The Labute approximate surface area is 130 Å². The van der Waals surface area contributed by atoms with E-state index in [2.05, 4.69) is 46.8 Å². The molecule has 0 aliphatic carbocycles. The first-order valence-corrected chi connectivity index (χ1v) is 7.89. The molecule has 0 spiro atoms. The van der Waals surface area contributed by atoms with Crippen LogP contribution in [0.25, 0.3) is 0 Å². The Morgan fingerprint density at radius 2 is 2.00 bits per heavy atom. The maximum Gasteiger partial charge on any atom is 0.118 e. The molecule has 0 radical (unpaired) electrons. The quantitative estimate of drug-likeness (QED) is 0.853.